The molecule has 1 N–H and O–H groups in total. The van der Waals surface area contributed by atoms with Gasteiger partial charge < -0.3 is 19.2 Å². The van der Waals surface area contributed by atoms with Gasteiger partial charge in [-0.25, -0.2) is 0 Å². The molecule has 1 aliphatic heterocycles. The zero-order valence-electron chi connectivity index (χ0n) is 18.4. The third kappa shape index (κ3) is 4.83. The molecule has 30 heavy (non-hydrogen) atoms. The van der Waals surface area contributed by atoms with Gasteiger partial charge in [-0.05, 0) is 15.4 Å². The van der Waals surface area contributed by atoms with E-state index in [9.17, 15) is 4.79 Å². The number of rotatable bonds is 8. The number of carbonyl (C=O) groups excluding carboxylic acids is 1. The summed E-state index contributed by atoms with van der Waals surface area (Å²) in [5.41, 5.74) is 0. The van der Waals surface area contributed by atoms with E-state index >= 15 is 0 Å². The number of benzene rings is 2. The van der Waals surface area contributed by atoms with Crippen molar-refractivity contribution in [3.63, 3.8) is 0 Å². The second kappa shape index (κ2) is 9.88. The van der Waals surface area contributed by atoms with Crippen molar-refractivity contribution in [2.24, 2.45) is 0 Å². The Morgan fingerprint density at radius 1 is 1.00 bits per heavy atom. The number of esters is 1. The molecule has 0 unspecified atom stereocenters. The maximum Gasteiger partial charge on any atom is 0.322 e. The Balaban J connectivity index is 1.74. The monoisotopic (exact) mass is 427 g/mol. The van der Waals surface area contributed by atoms with Gasteiger partial charge in [0.05, 0.1) is 26.4 Å². The van der Waals surface area contributed by atoms with Crippen LogP contribution in [-0.4, -0.2) is 53.3 Å². The van der Waals surface area contributed by atoms with Crippen molar-refractivity contribution in [3.05, 3.63) is 60.7 Å². The zero-order valence-corrected chi connectivity index (χ0v) is 19.4. The third-order valence-electron chi connectivity index (χ3n) is 5.75. The van der Waals surface area contributed by atoms with Crippen molar-refractivity contribution < 1.29 is 18.7 Å². The molecular formula is C24H33NO4Si. The Bertz CT molecular complexity index is 767. The van der Waals surface area contributed by atoms with E-state index < -0.39 is 8.32 Å². The van der Waals surface area contributed by atoms with Crippen LogP contribution in [0.2, 0.25) is 5.04 Å². The molecule has 0 spiro atoms. The zero-order chi connectivity index (χ0) is 21.6. The Hall–Kier alpha value is -1.99. The highest BCUT2D eigenvalue weighted by Gasteiger charge is 2.50. The van der Waals surface area contributed by atoms with E-state index in [1.807, 2.05) is 12.1 Å². The van der Waals surface area contributed by atoms with Crippen LogP contribution in [0.4, 0.5) is 0 Å². The lowest BCUT2D eigenvalue weighted by atomic mass is 10.2. The summed E-state index contributed by atoms with van der Waals surface area (Å²) < 4.78 is 17.7. The number of hydrogen-bond acceptors (Lipinski definition) is 5. The summed E-state index contributed by atoms with van der Waals surface area (Å²) in [4.78, 5) is 11.7. The van der Waals surface area contributed by atoms with Crippen LogP contribution in [0.3, 0.4) is 0 Å². The SMILES string of the molecule is COC(=O)[C@H]1C[C@@H](OCCO[Si](c2ccccc2)(c2ccccc2)C(C)(C)C)CN1. The molecule has 2 aromatic carbocycles. The molecule has 3 rings (SSSR count). The van der Waals surface area contributed by atoms with Gasteiger partial charge in [-0.15, -0.1) is 0 Å². The molecule has 1 saturated heterocycles. The molecule has 0 aliphatic carbocycles. The number of nitrogens with one attached hydrogen (secondary N) is 1. The summed E-state index contributed by atoms with van der Waals surface area (Å²) >= 11 is 0. The lowest BCUT2D eigenvalue weighted by Gasteiger charge is -2.43. The number of carbonyl (C=O) groups is 1. The van der Waals surface area contributed by atoms with Crippen LogP contribution in [0.1, 0.15) is 27.2 Å². The highest BCUT2D eigenvalue weighted by atomic mass is 28.4. The van der Waals surface area contributed by atoms with Crippen LogP contribution in [-0.2, 0) is 18.7 Å². The van der Waals surface area contributed by atoms with Crippen molar-refractivity contribution in [3.8, 4) is 0 Å². The van der Waals surface area contributed by atoms with Crippen LogP contribution >= 0.6 is 0 Å². The maximum absolute atomic E-state index is 11.7. The molecule has 0 bridgehead atoms. The maximum atomic E-state index is 11.7. The molecule has 6 heteroatoms. The first-order chi connectivity index (χ1) is 14.4. The van der Waals surface area contributed by atoms with Gasteiger partial charge in [0.15, 0.2) is 0 Å². The fourth-order valence-electron chi connectivity index (χ4n) is 4.32. The largest absolute Gasteiger partial charge is 0.468 e. The van der Waals surface area contributed by atoms with Crippen LogP contribution in [0.5, 0.6) is 0 Å². The summed E-state index contributed by atoms with van der Waals surface area (Å²) in [5, 5.41) is 5.63. The standard InChI is InChI=1S/C24H33NO4Si/c1-24(2,3)30(20-11-7-5-8-12-20,21-13-9-6-10-14-21)29-16-15-28-19-17-22(25-18-19)23(26)27-4/h5-14,19,22,25H,15-18H2,1-4H3/t19-,22-/m1/s1. The second-order valence-corrected chi connectivity index (χ2v) is 13.0. The van der Waals surface area contributed by atoms with E-state index in [0.29, 0.717) is 26.2 Å². The Labute approximate surface area is 180 Å². The minimum absolute atomic E-state index is 0.00291. The molecule has 1 aliphatic rings. The first kappa shape index (κ1) is 22.7. The molecule has 0 saturated carbocycles. The van der Waals surface area contributed by atoms with Gasteiger partial charge in [-0.3, -0.25) is 4.79 Å². The summed E-state index contributed by atoms with van der Waals surface area (Å²) in [7, 11) is -1.12. The van der Waals surface area contributed by atoms with Crippen LogP contribution in [0.15, 0.2) is 60.7 Å². The quantitative estimate of drug-likeness (QED) is 0.399. The lowest BCUT2D eigenvalue weighted by molar-refractivity contribution is -0.142. The topological polar surface area (TPSA) is 56.8 Å². The molecule has 162 valence electrons. The van der Waals surface area contributed by atoms with Crippen molar-refractivity contribution in [2.75, 3.05) is 26.9 Å². The molecule has 2 atom stereocenters. The number of ether oxygens (including phenoxy) is 2. The average molecular weight is 428 g/mol. The normalized spacial score (nSPS) is 19.6. The van der Waals surface area contributed by atoms with Gasteiger partial charge in [-0.1, -0.05) is 81.4 Å². The van der Waals surface area contributed by atoms with E-state index in [1.165, 1.54) is 17.5 Å². The molecule has 1 heterocycles. The molecule has 1 fully saturated rings. The van der Waals surface area contributed by atoms with E-state index in [1.54, 1.807) is 0 Å². The molecule has 0 radical (unpaired) electrons. The van der Waals surface area contributed by atoms with Gasteiger partial charge in [-0.2, -0.15) is 0 Å². The van der Waals surface area contributed by atoms with Crippen molar-refractivity contribution >= 4 is 24.7 Å². The smallest absolute Gasteiger partial charge is 0.322 e. The van der Waals surface area contributed by atoms with Gasteiger partial charge in [0.2, 0.25) is 0 Å². The van der Waals surface area contributed by atoms with E-state index in [-0.39, 0.29) is 23.2 Å². The fraction of sp³-hybridized carbons (Fsp3) is 0.458. The molecular weight excluding hydrogens is 394 g/mol. The predicted octanol–water partition coefficient (Wildman–Crippen LogP) is 2.48. The number of methoxy groups -OCH3 is 1. The van der Waals surface area contributed by atoms with Crippen molar-refractivity contribution in [1.82, 2.24) is 5.32 Å². The first-order valence-corrected chi connectivity index (χ1v) is 12.5. The minimum atomic E-state index is -2.53. The Morgan fingerprint density at radius 2 is 1.57 bits per heavy atom. The van der Waals surface area contributed by atoms with E-state index in [4.69, 9.17) is 13.9 Å². The Kier molecular flexibility index (Phi) is 7.47. The fourth-order valence-corrected chi connectivity index (χ4v) is 8.87. The third-order valence-corrected chi connectivity index (χ3v) is 10.8. The molecule has 0 aromatic heterocycles. The second-order valence-electron chi connectivity index (χ2n) is 8.72. The molecule has 2 aromatic rings. The van der Waals surface area contributed by atoms with Gasteiger partial charge in [0.25, 0.3) is 8.32 Å². The van der Waals surface area contributed by atoms with Crippen molar-refractivity contribution in [1.29, 1.82) is 0 Å². The van der Waals surface area contributed by atoms with Crippen LogP contribution in [0, 0.1) is 0 Å². The van der Waals surface area contributed by atoms with Gasteiger partial charge >= 0.3 is 5.97 Å². The molecule has 5 nitrogen and oxygen atoms in total. The average Bonchev–Trinajstić information content (AvgIpc) is 3.22. The van der Waals surface area contributed by atoms with E-state index in [2.05, 4.69) is 74.6 Å². The van der Waals surface area contributed by atoms with Gasteiger partial charge in [0.1, 0.15) is 6.04 Å². The van der Waals surface area contributed by atoms with Crippen molar-refractivity contribution in [2.45, 2.75) is 44.4 Å². The van der Waals surface area contributed by atoms with Crippen LogP contribution < -0.4 is 15.7 Å². The van der Waals surface area contributed by atoms with Gasteiger partial charge in [0, 0.05) is 13.0 Å². The highest BCUT2D eigenvalue weighted by molar-refractivity contribution is 6.99. The summed E-state index contributed by atoms with van der Waals surface area (Å²) in [6.07, 6.45) is 0.628. The number of hydrogen-bond donors (Lipinski definition) is 1. The van der Waals surface area contributed by atoms with E-state index in [0.717, 1.165) is 0 Å². The first-order valence-electron chi connectivity index (χ1n) is 10.6. The summed E-state index contributed by atoms with van der Waals surface area (Å²) in [6, 6.07) is 20.9. The summed E-state index contributed by atoms with van der Waals surface area (Å²) in [6.45, 7) is 8.45. The lowest BCUT2D eigenvalue weighted by Crippen LogP contribution is -2.66. The molecule has 0 amide bonds. The van der Waals surface area contributed by atoms with Crippen LogP contribution in [0.25, 0.3) is 0 Å². The highest BCUT2D eigenvalue weighted by Crippen LogP contribution is 2.36. The minimum Gasteiger partial charge on any atom is -0.468 e. The predicted molar refractivity (Wildman–Crippen MR) is 122 cm³/mol. The Morgan fingerprint density at radius 3 is 2.07 bits per heavy atom. The summed E-state index contributed by atoms with van der Waals surface area (Å²) in [5.74, 6) is -0.232.